The number of ether oxygens (including phenoxy) is 1. The molecule has 1 aromatic carbocycles. The molecule has 8 heteroatoms. The summed E-state index contributed by atoms with van der Waals surface area (Å²) in [7, 11) is -3.60. The second-order valence-electron chi connectivity index (χ2n) is 8.65. The number of carbonyl (C=O) groups excluding carboxylic acids is 2. The molecule has 1 saturated heterocycles. The number of benzene rings is 1. The molecule has 0 aromatic heterocycles. The third-order valence-electron chi connectivity index (χ3n) is 5.26. The summed E-state index contributed by atoms with van der Waals surface area (Å²) in [6.07, 6.45) is 1.76. The minimum Gasteiger partial charge on any atom is -0.452 e. The molecule has 2 atom stereocenters. The summed E-state index contributed by atoms with van der Waals surface area (Å²) in [6, 6.07) is 5.66. The van der Waals surface area contributed by atoms with E-state index < -0.39 is 16.0 Å². The van der Waals surface area contributed by atoms with E-state index in [2.05, 4.69) is 19.2 Å². The molecule has 1 aromatic rings. The van der Waals surface area contributed by atoms with Gasteiger partial charge in [0.25, 0.3) is 5.91 Å². The summed E-state index contributed by atoms with van der Waals surface area (Å²) in [5, 5.41) is 2.78. The van der Waals surface area contributed by atoms with Crippen molar-refractivity contribution in [1.82, 2.24) is 9.62 Å². The van der Waals surface area contributed by atoms with E-state index in [9.17, 15) is 18.0 Å². The van der Waals surface area contributed by atoms with Crippen molar-refractivity contribution in [1.29, 1.82) is 0 Å². The Morgan fingerprint density at radius 2 is 1.69 bits per heavy atom. The molecule has 1 aliphatic rings. The number of nitrogens with zero attached hydrogens (tertiary/aromatic N) is 1. The molecule has 1 aliphatic heterocycles. The Morgan fingerprint density at radius 1 is 1.14 bits per heavy atom. The van der Waals surface area contributed by atoms with Gasteiger partial charge in [0.1, 0.15) is 0 Å². The smallest absolute Gasteiger partial charge is 0.338 e. The van der Waals surface area contributed by atoms with Gasteiger partial charge in [-0.3, -0.25) is 4.79 Å². The Morgan fingerprint density at radius 3 is 2.21 bits per heavy atom. The molecular weight excluding hydrogens is 392 g/mol. The first-order valence-corrected chi connectivity index (χ1v) is 11.5. The van der Waals surface area contributed by atoms with E-state index in [1.165, 1.54) is 28.6 Å². The van der Waals surface area contributed by atoms with Crippen LogP contribution in [0.5, 0.6) is 0 Å². The lowest BCUT2D eigenvalue weighted by Crippen LogP contribution is -2.44. The van der Waals surface area contributed by atoms with Gasteiger partial charge in [0.05, 0.1) is 10.5 Å². The van der Waals surface area contributed by atoms with E-state index >= 15 is 0 Å². The SMILES string of the molecule is CCC(C)(C)NC(=O)COC(=O)c1ccc(S(=O)(=O)N2C[C@H](C)C[C@@H](C)C2)cc1. The fraction of sp³-hybridized carbons (Fsp3) is 0.619. The first kappa shape index (κ1) is 23.3. The number of sulfonamides is 1. The standard InChI is InChI=1S/C21H32N2O5S/c1-6-21(4,5)22-19(24)14-28-20(25)17-7-9-18(10-8-17)29(26,27)23-12-15(2)11-16(3)13-23/h7-10,15-16H,6,11-14H2,1-5H3,(H,22,24)/t15-,16-/m1/s1. The van der Waals surface area contributed by atoms with Gasteiger partial charge in [-0.05, 0) is 62.8 Å². The average Bonchev–Trinajstić information content (AvgIpc) is 2.65. The van der Waals surface area contributed by atoms with Crippen LogP contribution in [-0.4, -0.2) is 49.8 Å². The van der Waals surface area contributed by atoms with Gasteiger partial charge < -0.3 is 10.1 Å². The van der Waals surface area contributed by atoms with Gasteiger partial charge >= 0.3 is 5.97 Å². The van der Waals surface area contributed by atoms with Crippen molar-refractivity contribution in [2.45, 2.75) is 57.9 Å². The van der Waals surface area contributed by atoms with E-state index in [-0.39, 0.29) is 28.5 Å². The van der Waals surface area contributed by atoms with Gasteiger partial charge in [-0.25, -0.2) is 13.2 Å². The van der Waals surface area contributed by atoms with Crippen LogP contribution in [0.1, 0.15) is 57.8 Å². The molecule has 1 amide bonds. The van der Waals surface area contributed by atoms with Crippen molar-refractivity contribution in [3.05, 3.63) is 29.8 Å². The predicted octanol–water partition coefficient (Wildman–Crippen LogP) is 2.81. The maximum absolute atomic E-state index is 12.9. The summed E-state index contributed by atoms with van der Waals surface area (Å²) in [5.41, 5.74) is -0.171. The molecule has 0 spiro atoms. The fourth-order valence-electron chi connectivity index (χ4n) is 3.43. The molecule has 0 unspecified atom stereocenters. The van der Waals surface area contributed by atoms with Gasteiger partial charge in [0.15, 0.2) is 6.61 Å². The zero-order valence-corrected chi connectivity index (χ0v) is 18.7. The topological polar surface area (TPSA) is 92.8 Å². The monoisotopic (exact) mass is 424 g/mol. The lowest BCUT2D eigenvalue weighted by Gasteiger charge is -2.34. The van der Waals surface area contributed by atoms with Gasteiger partial charge in [-0.2, -0.15) is 4.31 Å². The minimum absolute atomic E-state index is 0.151. The highest BCUT2D eigenvalue weighted by atomic mass is 32.2. The predicted molar refractivity (Wildman–Crippen MR) is 111 cm³/mol. The molecule has 1 N–H and O–H groups in total. The van der Waals surface area contributed by atoms with Crippen LogP contribution in [0.4, 0.5) is 0 Å². The highest BCUT2D eigenvalue weighted by Gasteiger charge is 2.31. The number of amides is 1. The molecule has 0 aliphatic carbocycles. The van der Waals surface area contributed by atoms with Crippen LogP contribution in [0.15, 0.2) is 29.2 Å². The van der Waals surface area contributed by atoms with Crippen molar-refractivity contribution in [2.75, 3.05) is 19.7 Å². The Bertz CT molecular complexity index is 823. The Hall–Kier alpha value is -1.93. The number of hydrogen-bond acceptors (Lipinski definition) is 5. The minimum atomic E-state index is -3.60. The number of carbonyl (C=O) groups is 2. The van der Waals surface area contributed by atoms with Crippen molar-refractivity contribution < 1.29 is 22.7 Å². The van der Waals surface area contributed by atoms with E-state index in [4.69, 9.17) is 4.74 Å². The van der Waals surface area contributed by atoms with Crippen LogP contribution in [-0.2, 0) is 19.6 Å². The first-order chi connectivity index (χ1) is 13.4. The van der Waals surface area contributed by atoms with Crippen LogP contribution < -0.4 is 5.32 Å². The number of esters is 1. The molecular formula is C21H32N2O5S. The second-order valence-corrected chi connectivity index (χ2v) is 10.6. The summed E-state index contributed by atoms with van der Waals surface area (Å²) in [6.45, 7) is 10.4. The third kappa shape index (κ3) is 6.27. The summed E-state index contributed by atoms with van der Waals surface area (Å²) >= 11 is 0. The van der Waals surface area contributed by atoms with Crippen LogP contribution in [0, 0.1) is 11.8 Å². The zero-order valence-electron chi connectivity index (χ0n) is 17.9. The van der Waals surface area contributed by atoms with Gasteiger partial charge in [-0.1, -0.05) is 20.8 Å². The molecule has 1 fully saturated rings. The maximum Gasteiger partial charge on any atom is 0.338 e. The van der Waals surface area contributed by atoms with Crippen molar-refractivity contribution >= 4 is 21.9 Å². The van der Waals surface area contributed by atoms with E-state index in [0.29, 0.717) is 24.9 Å². The molecule has 7 nitrogen and oxygen atoms in total. The van der Waals surface area contributed by atoms with Gasteiger partial charge in [0.2, 0.25) is 10.0 Å². The van der Waals surface area contributed by atoms with Gasteiger partial charge in [0, 0.05) is 18.6 Å². The van der Waals surface area contributed by atoms with Crippen LogP contribution in [0.2, 0.25) is 0 Å². The summed E-state index contributed by atoms with van der Waals surface area (Å²) < 4.78 is 32.3. The molecule has 0 bridgehead atoms. The van der Waals surface area contributed by atoms with E-state index in [0.717, 1.165) is 12.8 Å². The lowest BCUT2D eigenvalue weighted by atomic mass is 9.94. The maximum atomic E-state index is 12.9. The van der Waals surface area contributed by atoms with Crippen molar-refractivity contribution in [3.63, 3.8) is 0 Å². The molecule has 1 heterocycles. The van der Waals surface area contributed by atoms with Crippen LogP contribution in [0.3, 0.4) is 0 Å². The summed E-state index contributed by atoms with van der Waals surface area (Å²) in [4.78, 5) is 24.2. The first-order valence-electron chi connectivity index (χ1n) is 10.0. The van der Waals surface area contributed by atoms with Crippen molar-refractivity contribution in [3.8, 4) is 0 Å². The second kappa shape index (κ2) is 9.26. The molecule has 162 valence electrons. The normalized spacial score (nSPS) is 20.9. The fourth-order valence-corrected chi connectivity index (χ4v) is 5.11. The third-order valence-corrected chi connectivity index (χ3v) is 7.11. The highest BCUT2D eigenvalue weighted by Crippen LogP contribution is 2.26. The molecule has 0 radical (unpaired) electrons. The van der Waals surface area contributed by atoms with Crippen molar-refractivity contribution in [2.24, 2.45) is 11.8 Å². The number of piperidine rings is 1. The van der Waals surface area contributed by atoms with Gasteiger partial charge in [-0.15, -0.1) is 0 Å². The van der Waals surface area contributed by atoms with Crippen LogP contribution >= 0.6 is 0 Å². The van der Waals surface area contributed by atoms with Crippen LogP contribution in [0.25, 0.3) is 0 Å². The zero-order chi connectivity index (χ0) is 21.8. The summed E-state index contributed by atoms with van der Waals surface area (Å²) in [5.74, 6) is -0.422. The number of rotatable bonds is 7. The number of nitrogens with one attached hydrogen (secondary N) is 1. The Labute approximate surface area is 173 Å². The molecule has 29 heavy (non-hydrogen) atoms. The van der Waals surface area contributed by atoms with E-state index in [1.807, 2.05) is 20.8 Å². The lowest BCUT2D eigenvalue weighted by molar-refractivity contribution is -0.125. The Kier molecular flexibility index (Phi) is 7.45. The largest absolute Gasteiger partial charge is 0.452 e. The highest BCUT2D eigenvalue weighted by molar-refractivity contribution is 7.89. The van der Waals surface area contributed by atoms with E-state index in [1.54, 1.807) is 0 Å². The quantitative estimate of drug-likeness (QED) is 0.680. The molecule has 0 saturated carbocycles. The molecule has 2 rings (SSSR count). The number of hydrogen-bond donors (Lipinski definition) is 1. The average molecular weight is 425 g/mol. The Balaban J connectivity index is 2.00.